The summed E-state index contributed by atoms with van der Waals surface area (Å²) < 4.78 is 11.5. The largest absolute Gasteiger partial charge is 0.489 e. The van der Waals surface area contributed by atoms with Crippen molar-refractivity contribution in [2.24, 2.45) is 0 Å². The second-order valence-corrected chi connectivity index (χ2v) is 7.50. The van der Waals surface area contributed by atoms with Crippen molar-refractivity contribution in [1.82, 2.24) is 15.2 Å². The number of H-pyrrole nitrogens is 1. The highest BCUT2D eigenvalue weighted by Crippen LogP contribution is 2.38. The molecule has 3 aromatic rings. The molecule has 0 amide bonds. The second kappa shape index (κ2) is 6.94. The normalized spacial score (nSPS) is 18.4. The zero-order valence-electron chi connectivity index (χ0n) is 16.5. The third kappa shape index (κ3) is 3.04. The van der Waals surface area contributed by atoms with Gasteiger partial charge >= 0.3 is 0 Å². The maximum absolute atomic E-state index is 9.72. The van der Waals surface area contributed by atoms with Gasteiger partial charge in [-0.25, -0.2) is 0 Å². The fourth-order valence-corrected chi connectivity index (χ4v) is 4.05. The predicted molar refractivity (Wildman–Crippen MR) is 110 cm³/mol. The molecular formula is C21H22N6O2. The minimum absolute atomic E-state index is 0.154. The van der Waals surface area contributed by atoms with Crippen LogP contribution in [0, 0.1) is 18.3 Å². The highest BCUT2D eigenvalue weighted by atomic mass is 16.5. The van der Waals surface area contributed by atoms with Gasteiger partial charge in [0.2, 0.25) is 0 Å². The first-order chi connectivity index (χ1) is 14.1. The lowest BCUT2D eigenvalue weighted by Gasteiger charge is -2.26. The number of hydrogen-bond acceptors (Lipinski definition) is 7. The molecule has 5 rings (SSSR count). The van der Waals surface area contributed by atoms with Crippen molar-refractivity contribution in [2.75, 3.05) is 36.5 Å². The van der Waals surface area contributed by atoms with Crippen LogP contribution in [-0.2, 0) is 11.2 Å². The van der Waals surface area contributed by atoms with Gasteiger partial charge in [0.15, 0.2) is 5.82 Å². The van der Waals surface area contributed by atoms with Crippen molar-refractivity contribution in [2.45, 2.75) is 26.4 Å². The van der Waals surface area contributed by atoms with Crippen molar-refractivity contribution in [3.63, 3.8) is 0 Å². The number of fused-ring (bicyclic) bond motifs is 3. The highest BCUT2D eigenvalue weighted by Gasteiger charge is 2.25. The molecule has 0 bridgehead atoms. The number of hydrogen-bond donors (Lipinski definition) is 2. The molecule has 1 saturated heterocycles. The molecule has 1 fully saturated rings. The van der Waals surface area contributed by atoms with Gasteiger partial charge in [0.1, 0.15) is 29.3 Å². The Labute approximate surface area is 168 Å². The average molecular weight is 390 g/mol. The summed E-state index contributed by atoms with van der Waals surface area (Å²) in [5.41, 5.74) is 4.45. The SMILES string of the molecule is Cc1nc2ccc(Nc3[nH]nc(N4CCOCC4)c3C#N)cc2c2c1CC(C)O2. The lowest BCUT2D eigenvalue weighted by molar-refractivity contribution is 0.122. The Morgan fingerprint density at radius 1 is 1.31 bits per heavy atom. The maximum atomic E-state index is 9.72. The molecule has 1 aromatic carbocycles. The molecule has 0 saturated carbocycles. The zero-order valence-corrected chi connectivity index (χ0v) is 16.5. The van der Waals surface area contributed by atoms with E-state index >= 15 is 0 Å². The zero-order chi connectivity index (χ0) is 20.0. The summed E-state index contributed by atoms with van der Waals surface area (Å²) in [6.45, 7) is 6.83. The first-order valence-electron chi connectivity index (χ1n) is 9.82. The van der Waals surface area contributed by atoms with Crippen LogP contribution in [0.4, 0.5) is 17.3 Å². The van der Waals surface area contributed by atoms with Crippen LogP contribution in [0.5, 0.6) is 5.75 Å². The van der Waals surface area contributed by atoms with Gasteiger partial charge in [-0.05, 0) is 32.0 Å². The Balaban J connectivity index is 1.50. The van der Waals surface area contributed by atoms with Gasteiger partial charge in [-0.3, -0.25) is 10.1 Å². The Morgan fingerprint density at radius 2 is 2.14 bits per heavy atom. The Hall–Kier alpha value is -3.31. The van der Waals surface area contributed by atoms with E-state index in [0.717, 1.165) is 47.5 Å². The van der Waals surface area contributed by atoms with Crippen molar-refractivity contribution in [1.29, 1.82) is 5.26 Å². The number of nitrogens with zero attached hydrogens (tertiary/aromatic N) is 4. The van der Waals surface area contributed by atoms with Gasteiger partial charge in [0.25, 0.3) is 0 Å². The summed E-state index contributed by atoms with van der Waals surface area (Å²) in [4.78, 5) is 6.80. The third-order valence-corrected chi connectivity index (χ3v) is 5.49. The summed E-state index contributed by atoms with van der Waals surface area (Å²) in [5.74, 6) is 2.16. The van der Waals surface area contributed by atoms with Crippen molar-refractivity contribution >= 4 is 28.2 Å². The van der Waals surface area contributed by atoms with Crippen LogP contribution in [0.25, 0.3) is 10.9 Å². The number of anilines is 3. The number of nitrogens with one attached hydrogen (secondary N) is 2. The summed E-state index contributed by atoms with van der Waals surface area (Å²) in [5, 5.41) is 21.4. The van der Waals surface area contributed by atoms with Gasteiger partial charge in [-0.15, -0.1) is 0 Å². The lowest BCUT2D eigenvalue weighted by atomic mass is 10.1. The van der Waals surface area contributed by atoms with E-state index in [4.69, 9.17) is 14.5 Å². The number of pyridine rings is 1. The van der Waals surface area contributed by atoms with Gasteiger partial charge in [-0.2, -0.15) is 10.4 Å². The van der Waals surface area contributed by atoms with Gasteiger partial charge in [-0.1, -0.05) is 0 Å². The first-order valence-corrected chi connectivity index (χ1v) is 9.82. The number of aromatic amines is 1. The van der Waals surface area contributed by atoms with Gasteiger partial charge in [0.05, 0.1) is 18.7 Å². The maximum Gasteiger partial charge on any atom is 0.170 e. The second-order valence-electron chi connectivity index (χ2n) is 7.50. The van der Waals surface area contributed by atoms with Crippen LogP contribution in [0.3, 0.4) is 0 Å². The van der Waals surface area contributed by atoms with E-state index in [-0.39, 0.29) is 6.10 Å². The smallest absolute Gasteiger partial charge is 0.170 e. The molecule has 1 atom stereocenters. The summed E-state index contributed by atoms with van der Waals surface area (Å²) in [6.07, 6.45) is 1.03. The molecule has 8 nitrogen and oxygen atoms in total. The molecule has 4 heterocycles. The summed E-state index contributed by atoms with van der Waals surface area (Å²) in [6, 6.07) is 8.23. The van der Waals surface area contributed by atoms with Gasteiger partial charge < -0.3 is 19.7 Å². The number of ether oxygens (including phenoxy) is 2. The van der Waals surface area contributed by atoms with Crippen LogP contribution < -0.4 is 15.0 Å². The van der Waals surface area contributed by atoms with Crippen LogP contribution >= 0.6 is 0 Å². The Kier molecular flexibility index (Phi) is 4.25. The molecule has 1 unspecified atom stereocenters. The molecule has 2 aliphatic heterocycles. The molecule has 0 aliphatic carbocycles. The first kappa shape index (κ1) is 17.8. The fourth-order valence-electron chi connectivity index (χ4n) is 4.05. The molecule has 0 spiro atoms. The van der Waals surface area contributed by atoms with Crippen molar-refractivity contribution < 1.29 is 9.47 Å². The topological polar surface area (TPSA) is 99.1 Å². The van der Waals surface area contributed by atoms with E-state index < -0.39 is 0 Å². The number of aromatic nitrogens is 3. The van der Waals surface area contributed by atoms with Crippen LogP contribution in [0.1, 0.15) is 23.7 Å². The molecule has 2 N–H and O–H groups in total. The number of morpholine rings is 1. The van der Waals surface area contributed by atoms with E-state index in [1.165, 1.54) is 5.56 Å². The average Bonchev–Trinajstić information content (AvgIpc) is 3.33. The predicted octanol–water partition coefficient (Wildman–Crippen LogP) is 3.04. The van der Waals surface area contributed by atoms with E-state index in [1.807, 2.05) is 25.1 Å². The monoisotopic (exact) mass is 390 g/mol. The minimum Gasteiger partial charge on any atom is -0.489 e. The Morgan fingerprint density at radius 3 is 2.93 bits per heavy atom. The van der Waals surface area contributed by atoms with Crippen LogP contribution in [-0.4, -0.2) is 47.6 Å². The van der Waals surface area contributed by atoms with Gasteiger partial charge in [0, 0.05) is 41.8 Å². The molecule has 29 heavy (non-hydrogen) atoms. The van der Waals surface area contributed by atoms with Crippen molar-refractivity contribution in [3.8, 4) is 11.8 Å². The van der Waals surface area contributed by atoms with E-state index in [0.29, 0.717) is 30.4 Å². The minimum atomic E-state index is 0.154. The number of rotatable bonds is 3. The quantitative estimate of drug-likeness (QED) is 0.709. The van der Waals surface area contributed by atoms with Crippen LogP contribution in [0.15, 0.2) is 18.2 Å². The fraction of sp³-hybridized carbons (Fsp3) is 0.381. The summed E-state index contributed by atoms with van der Waals surface area (Å²) >= 11 is 0. The summed E-state index contributed by atoms with van der Waals surface area (Å²) in [7, 11) is 0. The van der Waals surface area contributed by atoms with Crippen LogP contribution in [0.2, 0.25) is 0 Å². The molecule has 0 radical (unpaired) electrons. The lowest BCUT2D eigenvalue weighted by Crippen LogP contribution is -2.36. The van der Waals surface area contributed by atoms with E-state index in [2.05, 4.69) is 33.4 Å². The molecular weight excluding hydrogens is 368 g/mol. The number of aryl methyl sites for hydroxylation is 1. The highest BCUT2D eigenvalue weighted by molar-refractivity contribution is 5.91. The van der Waals surface area contributed by atoms with E-state index in [9.17, 15) is 5.26 Å². The standard InChI is InChI=1S/C21H22N6O2/c1-12-9-15-13(2)23-18-4-3-14(10-16(18)19(15)29-12)24-20-17(11-22)21(26-25-20)27-5-7-28-8-6-27/h3-4,10,12H,5-9H2,1-2H3,(H2,24,25,26). The Bertz CT molecular complexity index is 1130. The number of benzene rings is 1. The van der Waals surface area contributed by atoms with Crippen molar-refractivity contribution in [3.05, 3.63) is 35.0 Å². The molecule has 8 heteroatoms. The van der Waals surface area contributed by atoms with E-state index in [1.54, 1.807) is 0 Å². The molecule has 2 aliphatic rings. The molecule has 2 aromatic heterocycles. The third-order valence-electron chi connectivity index (χ3n) is 5.49. The number of nitriles is 1. The molecule has 148 valence electrons.